The Balaban J connectivity index is -0.0000000476. The van der Waals surface area contributed by atoms with Gasteiger partial charge in [0, 0.05) is 0 Å². The van der Waals surface area contributed by atoms with E-state index in [4.69, 9.17) is 19.2 Å². The molecule has 0 aromatic heterocycles. The molecule has 0 aliphatic carbocycles. The van der Waals surface area contributed by atoms with Crippen molar-refractivity contribution in [1.82, 2.24) is 0 Å². The predicted octanol–water partition coefficient (Wildman–Crippen LogP) is -4.67. The molecule has 0 aromatic rings. The molecule has 0 unspecified atom stereocenters. The fourth-order valence-corrected chi connectivity index (χ4v) is 0. The molecule has 0 radical (unpaired) electrons. The van der Waals surface area contributed by atoms with Gasteiger partial charge in [0.25, 0.3) is 0 Å². The van der Waals surface area contributed by atoms with Crippen LogP contribution in [0, 0.1) is 0 Å². The highest BCUT2D eigenvalue weighted by atomic mass is 28.4. The van der Waals surface area contributed by atoms with E-state index in [2.05, 4.69) is 113 Å². The summed E-state index contributed by atoms with van der Waals surface area (Å²) in [5.41, 5.74) is 0. The molecule has 0 heterocycles. The maximum atomic E-state index is 8.58. The third-order valence-corrected chi connectivity index (χ3v) is 0. The average Bonchev–Trinajstić information content (AvgIpc) is 1.79. The van der Waals surface area contributed by atoms with Crippen molar-refractivity contribution in [2.24, 2.45) is 0 Å². The van der Waals surface area contributed by atoms with E-state index in [1.807, 2.05) is 0 Å². The van der Waals surface area contributed by atoms with Crippen molar-refractivity contribution in [1.29, 1.82) is 0 Å². The van der Waals surface area contributed by atoms with Crippen LogP contribution in [0.15, 0.2) is 0 Å². The SMILES string of the molecule is C[N+](C)(C)C.C[N+](C)(C)C.C[N+](C)(C)C.C[N+](C)(C)C.O.[O-][Si]([O-])([O-])[O-]. The second-order valence-corrected chi connectivity index (χ2v) is 12.2. The summed E-state index contributed by atoms with van der Waals surface area (Å²) >= 11 is 0. The van der Waals surface area contributed by atoms with Crippen LogP contribution < -0.4 is 19.2 Å². The largest absolute Gasteiger partial charge is 0.894 e. The normalized spacial score (nSPS) is 11.5. The topological polar surface area (TPSA) is 124 Å². The lowest BCUT2D eigenvalue weighted by Crippen LogP contribution is -2.82. The van der Waals surface area contributed by atoms with Crippen molar-refractivity contribution in [3.05, 3.63) is 0 Å². The van der Waals surface area contributed by atoms with Gasteiger partial charge in [-0.3, -0.25) is 0 Å². The summed E-state index contributed by atoms with van der Waals surface area (Å²) in [6, 6.07) is 0. The molecule has 168 valence electrons. The van der Waals surface area contributed by atoms with Crippen LogP contribution in [0.1, 0.15) is 0 Å². The smallest absolute Gasteiger partial charge is 0.0675 e. The molecule has 0 amide bonds. The Morgan fingerprint density at radius 2 is 0.346 bits per heavy atom. The van der Waals surface area contributed by atoms with Gasteiger partial charge in [-0.15, -0.1) is 0 Å². The predicted molar refractivity (Wildman–Crippen MR) is 105 cm³/mol. The lowest BCUT2D eigenvalue weighted by molar-refractivity contribution is -0.849. The van der Waals surface area contributed by atoms with Gasteiger partial charge in [0.1, 0.15) is 0 Å². The maximum Gasteiger partial charge on any atom is 0.0675 e. The lowest BCUT2D eigenvalue weighted by Gasteiger charge is -2.67. The fourth-order valence-electron chi connectivity index (χ4n) is 0. The van der Waals surface area contributed by atoms with Crippen LogP contribution in [-0.2, 0) is 0 Å². The summed E-state index contributed by atoms with van der Waals surface area (Å²) in [6.45, 7) is 0. The standard InChI is InChI=1S/4C4H12N.O4Si.H2O/c5*1-5(2,3)4;/h4*1-4H3;;1H2/q4*+1;-4;. The molecule has 9 nitrogen and oxygen atoms in total. The molecule has 0 saturated carbocycles. The second-order valence-electron chi connectivity index (χ2n) is 11.2. The minimum Gasteiger partial charge on any atom is -0.894 e. The first-order valence-corrected chi connectivity index (χ1v) is 9.60. The van der Waals surface area contributed by atoms with E-state index < -0.39 is 9.05 Å². The van der Waals surface area contributed by atoms with Crippen LogP contribution in [0.4, 0.5) is 0 Å². The van der Waals surface area contributed by atoms with Gasteiger partial charge in [0.2, 0.25) is 0 Å². The van der Waals surface area contributed by atoms with E-state index in [9.17, 15) is 0 Å². The van der Waals surface area contributed by atoms with Gasteiger partial charge in [-0.05, 0) is 0 Å². The quantitative estimate of drug-likeness (QED) is 0.296. The summed E-state index contributed by atoms with van der Waals surface area (Å²) in [6.07, 6.45) is 0. The molecule has 0 saturated heterocycles. The molecule has 10 heteroatoms. The summed E-state index contributed by atoms with van der Waals surface area (Å²) in [5, 5.41) is 0. The molecule has 0 aliphatic heterocycles. The zero-order valence-corrected chi connectivity index (χ0v) is 21.4. The highest BCUT2D eigenvalue weighted by Crippen LogP contribution is 1.74. The molecule has 2 N–H and O–H groups in total. The average molecular weight is 407 g/mol. The number of quaternary nitrogens is 4. The number of hydrogen-bond donors (Lipinski definition) is 0. The summed E-state index contributed by atoms with van der Waals surface area (Å²) in [4.78, 5) is 34.3. The molecule has 0 aliphatic rings. The van der Waals surface area contributed by atoms with E-state index >= 15 is 0 Å². The summed E-state index contributed by atoms with van der Waals surface area (Å²) in [7, 11) is 28.4. The Hall–Kier alpha value is -0.143. The van der Waals surface area contributed by atoms with E-state index in [-0.39, 0.29) is 5.48 Å². The molecule has 26 heavy (non-hydrogen) atoms. The van der Waals surface area contributed by atoms with Gasteiger partial charge in [0.15, 0.2) is 0 Å². The molecular formula is C16H50N4O5Si. The molecule has 0 rings (SSSR count). The van der Waals surface area contributed by atoms with Gasteiger partial charge < -0.3 is 51.6 Å². The Bertz CT molecular complexity index is 186. The molecule has 0 atom stereocenters. The van der Waals surface area contributed by atoms with Gasteiger partial charge >= 0.3 is 0 Å². The molecule has 0 bridgehead atoms. The number of hydrogen-bond acceptors (Lipinski definition) is 4. The van der Waals surface area contributed by atoms with E-state index in [1.165, 1.54) is 0 Å². The van der Waals surface area contributed by atoms with E-state index in [0.29, 0.717) is 0 Å². The second kappa shape index (κ2) is 15.9. The van der Waals surface area contributed by atoms with Gasteiger partial charge in [-0.2, -0.15) is 0 Å². The molecule has 0 fully saturated rings. The van der Waals surface area contributed by atoms with Gasteiger partial charge in [0.05, 0.1) is 113 Å². The molecule has 0 spiro atoms. The van der Waals surface area contributed by atoms with Gasteiger partial charge in [-0.25, -0.2) is 0 Å². The third-order valence-electron chi connectivity index (χ3n) is 0. The Kier molecular flexibility index (Phi) is 24.7. The monoisotopic (exact) mass is 406 g/mol. The van der Waals surface area contributed by atoms with Crippen LogP contribution in [0.3, 0.4) is 0 Å². The zero-order valence-electron chi connectivity index (χ0n) is 20.4. The first-order chi connectivity index (χ1) is 10.0. The molecular weight excluding hydrogens is 356 g/mol. The fraction of sp³-hybridized carbons (Fsp3) is 1.00. The summed E-state index contributed by atoms with van der Waals surface area (Å²) in [5.74, 6) is 0. The van der Waals surface area contributed by atoms with Crippen LogP contribution in [0.5, 0.6) is 0 Å². The van der Waals surface area contributed by atoms with E-state index in [1.54, 1.807) is 0 Å². The third kappa shape index (κ3) is 609000. The van der Waals surface area contributed by atoms with Crippen LogP contribution in [0.2, 0.25) is 0 Å². The van der Waals surface area contributed by atoms with Crippen molar-refractivity contribution in [3.8, 4) is 0 Å². The Morgan fingerprint density at radius 1 is 0.346 bits per heavy atom. The van der Waals surface area contributed by atoms with Crippen LogP contribution in [-0.4, -0.2) is 145 Å². The number of nitrogens with zero attached hydrogens (tertiary/aromatic N) is 4. The van der Waals surface area contributed by atoms with Crippen molar-refractivity contribution >= 4 is 9.05 Å². The van der Waals surface area contributed by atoms with Crippen molar-refractivity contribution in [3.63, 3.8) is 0 Å². The first kappa shape index (κ1) is 40.5. The van der Waals surface area contributed by atoms with Crippen LogP contribution >= 0.6 is 0 Å². The Labute approximate surface area is 165 Å². The van der Waals surface area contributed by atoms with E-state index in [0.717, 1.165) is 17.9 Å². The highest BCUT2D eigenvalue weighted by Gasteiger charge is 1.89. The van der Waals surface area contributed by atoms with Crippen molar-refractivity contribution in [2.75, 3.05) is 113 Å². The summed E-state index contributed by atoms with van der Waals surface area (Å²) < 4.78 is 4.00. The lowest BCUT2D eigenvalue weighted by atomic mass is 10.8. The minimum absolute atomic E-state index is 0. The maximum absolute atomic E-state index is 8.58. The van der Waals surface area contributed by atoms with Crippen LogP contribution in [0.25, 0.3) is 0 Å². The Morgan fingerprint density at radius 3 is 0.346 bits per heavy atom. The zero-order chi connectivity index (χ0) is 22.5. The van der Waals surface area contributed by atoms with Crippen molar-refractivity contribution in [2.45, 2.75) is 0 Å². The highest BCUT2D eigenvalue weighted by molar-refractivity contribution is 6.38. The molecule has 0 aromatic carbocycles. The first-order valence-electron chi connectivity index (χ1n) is 7.97. The van der Waals surface area contributed by atoms with Gasteiger partial charge in [-0.1, -0.05) is 0 Å². The minimum atomic E-state index is -5.61. The van der Waals surface area contributed by atoms with Crippen molar-refractivity contribution < 1.29 is 42.6 Å². The number of rotatable bonds is 0.